The van der Waals surface area contributed by atoms with Crippen LogP contribution in [-0.2, 0) is 28.6 Å². The summed E-state index contributed by atoms with van der Waals surface area (Å²) in [5.74, 6) is -1.02. The summed E-state index contributed by atoms with van der Waals surface area (Å²) in [5, 5.41) is 0. The van der Waals surface area contributed by atoms with Crippen molar-refractivity contribution in [2.24, 2.45) is 0 Å². The van der Waals surface area contributed by atoms with E-state index in [2.05, 4.69) is 29.2 Å². The van der Waals surface area contributed by atoms with Crippen LogP contribution < -0.4 is 0 Å². The van der Waals surface area contributed by atoms with Crippen molar-refractivity contribution in [3.63, 3.8) is 0 Å². The minimum absolute atomic E-state index is 0.313. The van der Waals surface area contributed by atoms with Crippen LogP contribution in [0.1, 0.15) is 20.8 Å². The minimum Gasteiger partial charge on any atom is -0.466 e. The largest absolute Gasteiger partial charge is 0.466 e. The van der Waals surface area contributed by atoms with Crippen LogP contribution in [0.3, 0.4) is 0 Å². The number of methoxy groups -OCH3 is 1. The fraction of sp³-hybridized carbons (Fsp3) is 0.500. The Kier molecular flexibility index (Phi) is 19.7. The minimum atomic E-state index is -0.359. The van der Waals surface area contributed by atoms with Gasteiger partial charge in [0.05, 0.1) is 13.7 Å². The molecular formula is C18H31NO6. The van der Waals surface area contributed by atoms with Gasteiger partial charge in [0.25, 0.3) is 0 Å². The fourth-order valence-electron chi connectivity index (χ4n) is 0.820. The van der Waals surface area contributed by atoms with E-state index < -0.39 is 0 Å². The van der Waals surface area contributed by atoms with Gasteiger partial charge >= 0.3 is 17.9 Å². The van der Waals surface area contributed by atoms with Gasteiger partial charge < -0.3 is 19.1 Å². The SMILES string of the molecule is C=C(C)C(=O)OC.C=C(C)C(=O)OCCN(C)C.C=CC(=O)OCC. The molecule has 0 aromatic heterocycles. The lowest BCUT2D eigenvalue weighted by atomic mass is 10.4. The molecule has 0 rings (SSSR count). The van der Waals surface area contributed by atoms with Crippen LogP contribution in [0, 0.1) is 0 Å². The molecule has 144 valence electrons. The Morgan fingerprint density at radius 2 is 1.48 bits per heavy atom. The fourth-order valence-corrected chi connectivity index (χ4v) is 0.820. The van der Waals surface area contributed by atoms with E-state index in [1.165, 1.54) is 7.11 Å². The summed E-state index contributed by atoms with van der Waals surface area (Å²) in [5.41, 5.74) is 0.881. The van der Waals surface area contributed by atoms with E-state index >= 15 is 0 Å². The number of rotatable bonds is 7. The number of ether oxygens (including phenoxy) is 3. The van der Waals surface area contributed by atoms with Gasteiger partial charge in [0, 0.05) is 23.8 Å². The quantitative estimate of drug-likeness (QED) is 0.392. The number of nitrogens with zero attached hydrogens (tertiary/aromatic N) is 1. The van der Waals surface area contributed by atoms with Gasteiger partial charge in [-0.25, -0.2) is 14.4 Å². The van der Waals surface area contributed by atoms with E-state index in [9.17, 15) is 14.4 Å². The summed E-state index contributed by atoms with van der Waals surface area (Å²) >= 11 is 0. The lowest BCUT2D eigenvalue weighted by Crippen LogP contribution is -2.20. The molecule has 0 aromatic rings. The van der Waals surface area contributed by atoms with Crippen molar-refractivity contribution < 1.29 is 28.6 Å². The van der Waals surface area contributed by atoms with Crippen molar-refractivity contribution in [2.75, 3.05) is 41.0 Å². The van der Waals surface area contributed by atoms with Crippen molar-refractivity contribution in [2.45, 2.75) is 20.8 Å². The molecule has 0 aromatic carbocycles. The van der Waals surface area contributed by atoms with Gasteiger partial charge in [0.2, 0.25) is 0 Å². The van der Waals surface area contributed by atoms with Gasteiger partial charge in [-0.1, -0.05) is 19.7 Å². The Morgan fingerprint density at radius 1 is 1.00 bits per heavy atom. The number of hydrogen-bond acceptors (Lipinski definition) is 7. The molecule has 25 heavy (non-hydrogen) atoms. The molecule has 0 bridgehead atoms. The zero-order valence-corrected chi connectivity index (χ0v) is 16.2. The molecule has 7 heteroatoms. The molecule has 0 aliphatic heterocycles. The van der Waals surface area contributed by atoms with E-state index in [0.29, 0.717) is 24.4 Å². The second kappa shape index (κ2) is 17.9. The Labute approximate surface area is 150 Å². The van der Waals surface area contributed by atoms with Crippen molar-refractivity contribution in [1.29, 1.82) is 0 Å². The van der Waals surface area contributed by atoms with E-state index in [1.54, 1.807) is 20.8 Å². The van der Waals surface area contributed by atoms with Crippen molar-refractivity contribution in [3.05, 3.63) is 37.0 Å². The maximum absolute atomic E-state index is 10.8. The topological polar surface area (TPSA) is 82.1 Å². The predicted octanol–water partition coefficient (Wildman–Crippen LogP) is 2.14. The van der Waals surface area contributed by atoms with E-state index in [-0.39, 0.29) is 17.9 Å². The Morgan fingerprint density at radius 3 is 1.68 bits per heavy atom. The first-order valence-electron chi connectivity index (χ1n) is 7.53. The van der Waals surface area contributed by atoms with Crippen LogP contribution in [-0.4, -0.2) is 63.8 Å². The van der Waals surface area contributed by atoms with Gasteiger partial charge in [-0.15, -0.1) is 0 Å². The zero-order chi connectivity index (χ0) is 20.4. The average Bonchev–Trinajstić information content (AvgIpc) is 2.54. The van der Waals surface area contributed by atoms with Gasteiger partial charge in [-0.3, -0.25) is 0 Å². The standard InChI is InChI=1S/C8H15NO2.2C5H8O2/c1-7(2)8(10)11-6-5-9(3)4;1-4(2)5(6)7-3;1-3-5(6)7-4-2/h1,5-6H2,2-4H3;1H2,2-3H3;3H,1,4H2,2H3. The highest BCUT2D eigenvalue weighted by atomic mass is 16.5. The normalized spacial score (nSPS) is 8.60. The van der Waals surface area contributed by atoms with Gasteiger partial charge in [0.15, 0.2) is 0 Å². The molecule has 0 aliphatic carbocycles. The van der Waals surface area contributed by atoms with Crippen molar-refractivity contribution in [1.82, 2.24) is 4.90 Å². The van der Waals surface area contributed by atoms with Crippen LogP contribution in [0.25, 0.3) is 0 Å². The van der Waals surface area contributed by atoms with Gasteiger partial charge in [-0.05, 0) is 34.9 Å². The second-order valence-corrected chi connectivity index (χ2v) is 4.95. The maximum atomic E-state index is 10.8. The summed E-state index contributed by atoms with van der Waals surface area (Å²) in [4.78, 5) is 33.0. The predicted molar refractivity (Wildman–Crippen MR) is 98.0 cm³/mol. The first-order chi connectivity index (χ1) is 11.5. The number of carbonyl (C=O) groups excluding carboxylic acids is 3. The summed E-state index contributed by atoms with van der Waals surface area (Å²) in [6, 6.07) is 0. The van der Waals surface area contributed by atoms with Crippen LogP contribution in [0.2, 0.25) is 0 Å². The van der Waals surface area contributed by atoms with Gasteiger partial charge in [-0.2, -0.15) is 0 Å². The second-order valence-electron chi connectivity index (χ2n) is 4.95. The van der Waals surface area contributed by atoms with Crippen LogP contribution >= 0.6 is 0 Å². The molecule has 7 nitrogen and oxygen atoms in total. The molecule has 0 amide bonds. The summed E-state index contributed by atoms with van der Waals surface area (Å²) < 4.78 is 13.5. The maximum Gasteiger partial charge on any atom is 0.333 e. The number of hydrogen-bond donors (Lipinski definition) is 0. The van der Waals surface area contributed by atoms with Crippen molar-refractivity contribution >= 4 is 17.9 Å². The Bertz CT molecular complexity index is 452. The molecule has 0 saturated carbocycles. The Balaban J connectivity index is -0.000000304. The molecule has 0 N–H and O–H groups in total. The number of esters is 3. The number of likely N-dealkylation sites (N-methyl/N-ethyl adjacent to an activating group) is 1. The van der Waals surface area contributed by atoms with E-state index in [1.807, 2.05) is 19.0 Å². The number of carbonyl (C=O) groups is 3. The van der Waals surface area contributed by atoms with Gasteiger partial charge in [0.1, 0.15) is 6.61 Å². The van der Waals surface area contributed by atoms with Crippen molar-refractivity contribution in [3.8, 4) is 0 Å². The van der Waals surface area contributed by atoms with Crippen LogP contribution in [0.15, 0.2) is 37.0 Å². The smallest absolute Gasteiger partial charge is 0.333 e. The highest BCUT2D eigenvalue weighted by Gasteiger charge is 2.01. The summed E-state index contributed by atoms with van der Waals surface area (Å²) in [6.07, 6.45) is 1.14. The monoisotopic (exact) mass is 357 g/mol. The molecule has 0 radical (unpaired) electrons. The van der Waals surface area contributed by atoms with Crippen LogP contribution in [0.5, 0.6) is 0 Å². The van der Waals surface area contributed by atoms with E-state index in [4.69, 9.17) is 4.74 Å². The Hall–Kier alpha value is -2.41. The van der Waals surface area contributed by atoms with E-state index in [0.717, 1.165) is 12.6 Å². The third kappa shape index (κ3) is 24.0. The lowest BCUT2D eigenvalue weighted by molar-refractivity contribution is -0.139. The molecule has 0 spiro atoms. The highest BCUT2D eigenvalue weighted by molar-refractivity contribution is 5.87. The highest BCUT2D eigenvalue weighted by Crippen LogP contribution is 1.91. The zero-order valence-electron chi connectivity index (χ0n) is 16.2. The lowest BCUT2D eigenvalue weighted by Gasteiger charge is -2.09. The summed E-state index contributed by atoms with van der Waals surface area (Å²) in [6.45, 7) is 16.6. The molecule has 0 heterocycles. The average molecular weight is 357 g/mol. The third-order valence-corrected chi connectivity index (χ3v) is 2.11. The third-order valence-electron chi connectivity index (χ3n) is 2.11. The summed E-state index contributed by atoms with van der Waals surface area (Å²) in [7, 11) is 5.18. The molecule has 0 fully saturated rings. The molecule has 0 saturated heterocycles. The first kappa shape index (κ1) is 27.4. The van der Waals surface area contributed by atoms with Crippen LogP contribution in [0.4, 0.5) is 0 Å². The molecular weight excluding hydrogens is 326 g/mol. The first-order valence-corrected chi connectivity index (χ1v) is 7.53. The molecule has 0 atom stereocenters. The molecule has 0 aliphatic rings. The molecule has 0 unspecified atom stereocenters.